The Morgan fingerprint density at radius 2 is 1.36 bits per heavy atom. The van der Waals surface area contributed by atoms with Crippen LogP contribution < -0.4 is 0 Å². The number of rotatable bonds is 6. The van der Waals surface area contributed by atoms with Crippen molar-refractivity contribution in [2.24, 2.45) is 5.92 Å². The normalized spacial score (nSPS) is 21.9. The van der Waals surface area contributed by atoms with E-state index in [1.807, 2.05) is 12.1 Å². The van der Waals surface area contributed by atoms with Crippen molar-refractivity contribution < 1.29 is 23.6 Å². The molecule has 2 aromatic rings. The minimum Gasteiger partial charge on any atom is -0.616 e. The van der Waals surface area contributed by atoms with Crippen LogP contribution in [-0.2, 0) is 20.6 Å². The number of hydrogen-bond acceptors (Lipinski definition) is 5. The van der Waals surface area contributed by atoms with Crippen molar-refractivity contribution in [1.29, 1.82) is 0 Å². The van der Waals surface area contributed by atoms with E-state index in [0.29, 0.717) is 16.9 Å². The second kappa shape index (κ2) is 8.18. The molecule has 3 rings (SSSR count). The molecule has 1 aliphatic rings. The zero-order valence-electron chi connectivity index (χ0n) is 13.5. The highest BCUT2D eigenvalue weighted by molar-refractivity contribution is 7.93. The van der Waals surface area contributed by atoms with Gasteiger partial charge in [0.2, 0.25) is 0 Å². The third-order valence-corrected chi connectivity index (χ3v) is 6.02. The SMILES string of the molecule is O=C(OC[C@@H]1C[S+]([O-])[C@@H]1COC(=O)c1ccccc1)c1ccccc1. The predicted molar refractivity (Wildman–Crippen MR) is 93.7 cm³/mol. The number of hydrogen-bond donors (Lipinski definition) is 0. The van der Waals surface area contributed by atoms with Gasteiger partial charge >= 0.3 is 11.9 Å². The molecule has 0 bridgehead atoms. The van der Waals surface area contributed by atoms with Crippen molar-refractivity contribution in [3.63, 3.8) is 0 Å². The Bertz CT molecular complexity index is 719. The van der Waals surface area contributed by atoms with Crippen molar-refractivity contribution in [3.05, 3.63) is 71.8 Å². The highest BCUT2D eigenvalue weighted by Crippen LogP contribution is 2.29. The molecule has 0 spiro atoms. The van der Waals surface area contributed by atoms with Crippen LogP contribution in [-0.4, -0.2) is 40.7 Å². The molecule has 0 radical (unpaired) electrons. The number of carbonyl (C=O) groups excluding carboxylic acids is 2. The third-order valence-electron chi connectivity index (χ3n) is 4.07. The monoisotopic (exact) mass is 358 g/mol. The summed E-state index contributed by atoms with van der Waals surface area (Å²) < 4.78 is 22.4. The van der Waals surface area contributed by atoms with Gasteiger partial charge in [0, 0.05) is 0 Å². The molecule has 6 heteroatoms. The van der Waals surface area contributed by atoms with E-state index in [1.165, 1.54) is 0 Å². The second-order valence-corrected chi connectivity index (χ2v) is 7.48. The fourth-order valence-corrected chi connectivity index (χ4v) is 4.02. The first-order valence-electron chi connectivity index (χ1n) is 7.96. The maximum absolute atomic E-state index is 11.9. The molecule has 1 heterocycles. The minimum absolute atomic E-state index is 0.0583. The van der Waals surface area contributed by atoms with Crippen LogP contribution in [0.2, 0.25) is 0 Å². The van der Waals surface area contributed by atoms with Crippen LogP contribution >= 0.6 is 0 Å². The highest BCUT2D eigenvalue weighted by Gasteiger charge is 2.46. The van der Waals surface area contributed by atoms with E-state index >= 15 is 0 Å². The Morgan fingerprint density at radius 1 is 0.880 bits per heavy atom. The maximum Gasteiger partial charge on any atom is 0.338 e. The van der Waals surface area contributed by atoms with Gasteiger partial charge in [0.25, 0.3) is 0 Å². The Balaban J connectivity index is 1.47. The summed E-state index contributed by atoms with van der Waals surface area (Å²) in [5.41, 5.74) is 0.940. The van der Waals surface area contributed by atoms with Crippen molar-refractivity contribution in [2.75, 3.05) is 19.0 Å². The Hall–Kier alpha value is -2.31. The first-order chi connectivity index (χ1) is 12.1. The summed E-state index contributed by atoms with van der Waals surface area (Å²) in [5.74, 6) is -0.449. The summed E-state index contributed by atoms with van der Waals surface area (Å²) in [7, 11) is 0. The molecule has 0 N–H and O–H groups in total. The number of carbonyl (C=O) groups is 2. The lowest BCUT2D eigenvalue weighted by atomic mass is 10.1. The average molecular weight is 358 g/mol. The van der Waals surface area contributed by atoms with Crippen molar-refractivity contribution in [2.45, 2.75) is 5.25 Å². The van der Waals surface area contributed by atoms with Crippen LogP contribution in [0.4, 0.5) is 0 Å². The van der Waals surface area contributed by atoms with Crippen LogP contribution in [0.1, 0.15) is 20.7 Å². The summed E-state index contributed by atoms with van der Waals surface area (Å²) in [5, 5.41) is -0.295. The van der Waals surface area contributed by atoms with Crippen molar-refractivity contribution in [1.82, 2.24) is 0 Å². The topological polar surface area (TPSA) is 75.7 Å². The smallest absolute Gasteiger partial charge is 0.338 e. The van der Waals surface area contributed by atoms with Gasteiger partial charge < -0.3 is 14.0 Å². The first kappa shape index (κ1) is 17.5. The van der Waals surface area contributed by atoms with Crippen molar-refractivity contribution >= 4 is 23.1 Å². The van der Waals surface area contributed by atoms with E-state index in [0.717, 1.165) is 0 Å². The molecule has 130 valence electrons. The number of esters is 2. The third kappa shape index (κ3) is 4.41. The molecule has 1 aliphatic heterocycles. The summed E-state index contributed by atoms with van der Waals surface area (Å²) in [6.07, 6.45) is 0. The van der Waals surface area contributed by atoms with Crippen LogP contribution in [0.5, 0.6) is 0 Å². The molecule has 0 amide bonds. The van der Waals surface area contributed by atoms with Gasteiger partial charge in [0.05, 0.1) is 17.0 Å². The van der Waals surface area contributed by atoms with Crippen LogP contribution in [0.25, 0.3) is 0 Å². The average Bonchev–Trinajstić information content (AvgIpc) is 2.66. The molecule has 5 nitrogen and oxygen atoms in total. The van der Waals surface area contributed by atoms with Crippen LogP contribution in [0, 0.1) is 5.92 Å². The zero-order chi connectivity index (χ0) is 17.6. The first-order valence-corrected chi connectivity index (χ1v) is 9.35. The maximum atomic E-state index is 11.9. The fraction of sp³-hybridized carbons (Fsp3) is 0.263. The van der Waals surface area contributed by atoms with E-state index in [9.17, 15) is 14.1 Å². The van der Waals surface area contributed by atoms with Gasteiger partial charge in [-0.3, -0.25) is 0 Å². The van der Waals surface area contributed by atoms with Crippen LogP contribution in [0.15, 0.2) is 60.7 Å². The summed E-state index contributed by atoms with van der Waals surface area (Å²) in [4.78, 5) is 23.9. The summed E-state index contributed by atoms with van der Waals surface area (Å²) >= 11 is -1.06. The molecule has 1 unspecified atom stereocenters. The molecule has 3 atom stereocenters. The van der Waals surface area contributed by atoms with Gasteiger partial charge in [-0.05, 0) is 35.4 Å². The standard InChI is InChI=1S/C19H18O5S/c20-18(14-7-3-1-4-8-14)23-11-16-13-25(22)17(16)12-24-19(21)15-9-5-2-6-10-15/h1-10,16-17H,11-13H2/t16-,17-,25?/m1/s1. The quantitative estimate of drug-likeness (QED) is 0.586. The fourth-order valence-electron chi connectivity index (χ4n) is 2.56. The van der Waals surface area contributed by atoms with Gasteiger partial charge in [0.1, 0.15) is 19.0 Å². The minimum atomic E-state index is -1.06. The lowest BCUT2D eigenvalue weighted by Crippen LogP contribution is -2.52. The summed E-state index contributed by atoms with van der Waals surface area (Å²) in [6, 6.07) is 17.4. The van der Waals surface area contributed by atoms with E-state index < -0.39 is 23.1 Å². The van der Waals surface area contributed by atoms with E-state index in [1.54, 1.807) is 48.5 Å². The van der Waals surface area contributed by atoms with E-state index in [2.05, 4.69) is 0 Å². The van der Waals surface area contributed by atoms with Gasteiger partial charge in [-0.25, -0.2) is 9.59 Å². The Morgan fingerprint density at radius 3 is 1.84 bits per heavy atom. The molecular weight excluding hydrogens is 340 g/mol. The molecule has 1 fully saturated rings. The van der Waals surface area contributed by atoms with Crippen molar-refractivity contribution in [3.8, 4) is 0 Å². The lowest BCUT2D eigenvalue weighted by Gasteiger charge is -2.37. The molecule has 0 aliphatic carbocycles. The Kier molecular flexibility index (Phi) is 5.73. The lowest BCUT2D eigenvalue weighted by molar-refractivity contribution is 0.0354. The van der Waals surface area contributed by atoms with E-state index in [4.69, 9.17) is 9.47 Å². The molecule has 1 saturated heterocycles. The van der Waals surface area contributed by atoms with Gasteiger partial charge in [-0.2, -0.15) is 0 Å². The largest absolute Gasteiger partial charge is 0.616 e. The second-order valence-electron chi connectivity index (χ2n) is 5.77. The molecule has 0 aromatic heterocycles. The zero-order valence-corrected chi connectivity index (χ0v) is 14.3. The number of ether oxygens (including phenoxy) is 2. The number of benzene rings is 2. The summed E-state index contributed by atoms with van der Waals surface area (Å²) in [6.45, 7) is 0.237. The van der Waals surface area contributed by atoms with Crippen LogP contribution in [0.3, 0.4) is 0 Å². The highest BCUT2D eigenvalue weighted by atomic mass is 32.2. The van der Waals surface area contributed by atoms with Gasteiger partial charge in [0.15, 0.2) is 5.25 Å². The molecule has 25 heavy (non-hydrogen) atoms. The molecule has 2 aromatic carbocycles. The van der Waals surface area contributed by atoms with Gasteiger partial charge in [-0.1, -0.05) is 36.4 Å². The van der Waals surface area contributed by atoms with Gasteiger partial charge in [-0.15, -0.1) is 0 Å². The predicted octanol–water partition coefficient (Wildman–Crippen LogP) is 2.45. The molecule has 0 saturated carbocycles. The molecular formula is C19H18O5S. The van der Waals surface area contributed by atoms with E-state index in [-0.39, 0.29) is 24.4 Å². The Labute approximate surface area is 149 Å².